The van der Waals surface area contributed by atoms with E-state index in [1.165, 1.54) is 35.6 Å². The molecule has 0 spiro atoms. The quantitative estimate of drug-likeness (QED) is 0.700. The second kappa shape index (κ2) is 10.1. The van der Waals surface area contributed by atoms with Crippen molar-refractivity contribution in [2.45, 2.75) is 51.8 Å². The van der Waals surface area contributed by atoms with E-state index in [4.69, 9.17) is 4.74 Å². The molecular weight excluding hydrogens is 438 g/mol. The number of anilines is 1. The molecule has 7 nitrogen and oxygen atoms in total. The highest BCUT2D eigenvalue weighted by molar-refractivity contribution is 7.92. The molecule has 178 valence electrons. The predicted molar refractivity (Wildman–Crippen MR) is 130 cm³/mol. The first kappa shape index (κ1) is 23.6. The largest absolute Gasteiger partial charge is 0.476 e. The number of amides is 1. The minimum absolute atomic E-state index is 0.0455. The van der Waals surface area contributed by atoms with Crippen LogP contribution in [0.15, 0.2) is 42.5 Å². The van der Waals surface area contributed by atoms with Gasteiger partial charge in [-0.1, -0.05) is 43.2 Å². The molecule has 2 aliphatic heterocycles. The van der Waals surface area contributed by atoms with Crippen LogP contribution in [0.3, 0.4) is 0 Å². The number of ether oxygens (including phenoxy) is 1. The lowest BCUT2D eigenvalue weighted by molar-refractivity contribution is -0.127. The number of nitrogens with one attached hydrogen (secondary N) is 1. The molecule has 4 rings (SSSR count). The molecule has 0 radical (unpaired) electrons. The Morgan fingerprint density at radius 2 is 1.79 bits per heavy atom. The summed E-state index contributed by atoms with van der Waals surface area (Å²) < 4.78 is 31.9. The van der Waals surface area contributed by atoms with Gasteiger partial charge < -0.3 is 10.1 Å². The number of rotatable bonds is 6. The number of nitrogens with zero attached hydrogens (tertiary/aromatic N) is 2. The summed E-state index contributed by atoms with van der Waals surface area (Å²) in [6.45, 7) is 5.41. The van der Waals surface area contributed by atoms with Crippen LogP contribution in [0.4, 0.5) is 5.69 Å². The first-order valence-electron chi connectivity index (χ1n) is 11.6. The topological polar surface area (TPSA) is 79.0 Å². The van der Waals surface area contributed by atoms with Crippen LogP contribution in [0.5, 0.6) is 5.75 Å². The normalized spacial score (nSPS) is 19.3. The highest BCUT2D eigenvalue weighted by atomic mass is 32.2. The summed E-state index contributed by atoms with van der Waals surface area (Å²) in [6.07, 6.45) is 5.37. The second-order valence-corrected chi connectivity index (χ2v) is 11.0. The molecule has 1 unspecified atom stereocenters. The summed E-state index contributed by atoms with van der Waals surface area (Å²) in [6, 6.07) is 13.6. The van der Waals surface area contributed by atoms with Crippen molar-refractivity contribution < 1.29 is 17.9 Å². The lowest BCUT2D eigenvalue weighted by Gasteiger charge is -2.34. The van der Waals surface area contributed by atoms with Crippen molar-refractivity contribution >= 4 is 21.6 Å². The van der Waals surface area contributed by atoms with Gasteiger partial charge in [0.1, 0.15) is 5.75 Å². The molecule has 0 aromatic heterocycles. The number of hydrogen-bond donors (Lipinski definition) is 1. The molecule has 2 heterocycles. The van der Waals surface area contributed by atoms with Crippen molar-refractivity contribution in [1.82, 2.24) is 10.2 Å². The summed E-state index contributed by atoms with van der Waals surface area (Å²) in [7, 11) is -3.54. The van der Waals surface area contributed by atoms with E-state index in [1.54, 1.807) is 12.1 Å². The molecule has 0 bridgehead atoms. The van der Waals surface area contributed by atoms with Gasteiger partial charge in [0.15, 0.2) is 6.10 Å². The maximum atomic E-state index is 12.9. The first-order chi connectivity index (χ1) is 15.8. The van der Waals surface area contributed by atoms with Gasteiger partial charge in [0, 0.05) is 13.1 Å². The number of likely N-dealkylation sites (tertiary alicyclic amines) is 1. The van der Waals surface area contributed by atoms with Gasteiger partial charge in [0.05, 0.1) is 18.5 Å². The van der Waals surface area contributed by atoms with Crippen molar-refractivity contribution in [3.8, 4) is 5.75 Å². The minimum atomic E-state index is -3.54. The number of aryl methyl sites for hydroxylation is 1. The highest BCUT2D eigenvalue weighted by Gasteiger charge is 2.35. The molecule has 2 aliphatic rings. The fourth-order valence-electron chi connectivity index (χ4n) is 4.51. The van der Waals surface area contributed by atoms with E-state index in [0.29, 0.717) is 18.0 Å². The van der Waals surface area contributed by atoms with Crippen LogP contribution < -0.4 is 14.4 Å². The summed E-state index contributed by atoms with van der Waals surface area (Å²) in [4.78, 5) is 15.4. The standard InChI is InChI=1S/C25H33N3O4S/c1-19-10-11-23-22(14-19)28(33(2,30)31)18-24(32-23)25(29)26-16-20-8-7-9-21(15-20)17-27-12-5-3-4-6-13-27/h7-11,14-15,24H,3-6,12-13,16-18H2,1-2H3,(H,26,29). The van der Waals surface area contributed by atoms with Crippen LogP contribution in [-0.2, 0) is 27.9 Å². The molecule has 1 saturated heterocycles. The van der Waals surface area contributed by atoms with Gasteiger partial charge in [-0.25, -0.2) is 8.42 Å². The zero-order valence-electron chi connectivity index (χ0n) is 19.4. The van der Waals surface area contributed by atoms with E-state index in [-0.39, 0.29) is 12.5 Å². The zero-order valence-corrected chi connectivity index (χ0v) is 20.2. The molecule has 8 heteroatoms. The van der Waals surface area contributed by atoms with Crippen molar-refractivity contribution in [2.75, 3.05) is 30.2 Å². The third-order valence-corrected chi connectivity index (χ3v) is 7.39. The van der Waals surface area contributed by atoms with Gasteiger partial charge in [-0.2, -0.15) is 0 Å². The summed E-state index contributed by atoms with van der Waals surface area (Å²) in [5, 5.41) is 2.92. The Kier molecular flexibility index (Phi) is 7.24. The van der Waals surface area contributed by atoms with E-state index in [2.05, 4.69) is 22.3 Å². The smallest absolute Gasteiger partial charge is 0.263 e. The van der Waals surface area contributed by atoms with Crippen LogP contribution in [0.1, 0.15) is 42.4 Å². The van der Waals surface area contributed by atoms with Gasteiger partial charge >= 0.3 is 0 Å². The Bertz CT molecular complexity index is 1090. The highest BCUT2D eigenvalue weighted by Crippen LogP contribution is 2.35. The number of fused-ring (bicyclic) bond motifs is 1. The lowest BCUT2D eigenvalue weighted by atomic mass is 10.1. The molecular formula is C25H33N3O4S. The Morgan fingerprint density at radius 3 is 2.52 bits per heavy atom. The van der Waals surface area contributed by atoms with E-state index in [1.807, 2.05) is 25.1 Å². The van der Waals surface area contributed by atoms with Crippen LogP contribution in [0.2, 0.25) is 0 Å². The van der Waals surface area contributed by atoms with Crippen molar-refractivity contribution in [2.24, 2.45) is 0 Å². The molecule has 2 aromatic carbocycles. The molecule has 1 atom stereocenters. The molecule has 1 fully saturated rings. The van der Waals surface area contributed by atoms with Gasteiger partial charge in [0.2, 0.25) is 10.0 Å². The number of sulfonamides is 1. The molecule has 0 aliphatic carbocycles. The molecule has 1 N–H and O–H groups in total. The van der Waals surface area contributed by atoms with E-state index in [9.17, 15) is 13.2 Å². The minimum Gasteiger partial charge on any atom is -0.476 e. The molecule has 1 amide bonds. The van der Waals surface area contributed by atoms with Crippen LogP contribution in [-0.4, -0.2) is 51.2 Å². The summed E-state index contributed by atoms with van der Waals surface area (Å²) in [5.74, 6) is 0.0738. The average molecular weight is 472 g/mol. The Labute approximate surface area is 196 Å². The van der Waals surface area contributed by atoms with Gasteiger partial charge in [-0.3, -0.25) is 14.0 Å². The average Bonchev–Trinajstić information content (AvgIpc) is 3.05. The number of carbonyl (C=O) groups excluding carboxylic acids is 1. The van der Waals surface area contributed by atoms with Crippen molar-refractivity contribution in [3.63, 3.8) is 0 Å². The summed E-state index contributed by atoms with van der Waals surface area (Å²) in [5.41, 5.74) is 3.66. The maximum absolute atomic E-state index is 12.9. The maximum Gasteiger partial charge on any atom is 0.263 e. The second-order valence-electron chi connectivity index (χ2n) is 9.10. The third kappa shape index (κ3) is 6.06. The van der Waals surface area contributed by atoms with Crippen LogP contribution in [0.25, 0.3) is 0 Å². The van der Waals surface area contributed by atoms with Crippen molar-refractivity contribution in [1.29, 1.82) is 0 Å². The molecule has 2 aromatic rings. The van der Waals surface area contributed by atoms with Crippen molar-refractivity contribution in [3.05, 3.63) is 59.2 Å². The van der Waals surface area contributed by atoms with Crippen LogP contribution in [0, 0.1) is 6.92 Å². The van der Waals surface area contributed by atoms with Crippen LogP contribution >= 0.6 is 0 Å². The van der Waals surface area contributed by atoms with E-state index < -0.39 is 16.1 Å². The number of benzene rings is 2. The SMILES string of the molecule is Cc1ccc2c(c1)N(S(C)(=O)=O)CC(C(=O)NCc1cccc(CN3CCCCCC3)c1)O2. The van der Waals surface area contributed by atoms with Gasteiger partial charge in [-0.15, -0.1) is 0 Å². The van der Waals surface area contributed by atoms with Gasteiger partial charge in [-0.05, 0) is 61.7 Å². The van der Waals surface area contributed by atoms with Gasteiger partial charge in [0.25, 0.3) is 5.91 Å². The third-order valence-electron chi connectivity index (χ3n) is 6.24. The Morgan fingerprint density at radius 1 is 1.06 bits per heavy atom. The van der Waals surface area contributed by atoms with E-state index >= 15 is 0 Å². The first-order valence-corrected chi connectivity index (χ1v) is 13.5. The fourth-order valence-corrected chi connectivity index (χ4v) is 5.41. The molecule has 33 heavy (non-hydrogen) atoms. The Balaban J connectivity index is 1.40. The summed E-state index contributed by atoms with van der Waals surface area (Å²) >= 11 is 0. The number of carbonyl (C=O) groups is 1. The fraction of sp³-hybridized carbons (Fsp3) is 0.480. The molecule has 0 saturated carbocycles. The van der Waals surface area contributed by atoms with E-state index in [0.717, 1.165) is 37.0 Å². The predicted octanol–water partition coefficient (Wildman–Crippen LogP) is 3.21. The lowest BCUT2D eigenvalue weighted by Crippen LogP contribution is -2.50. The monoisotopic (exact) mass is 471 g/mol. The Hall–Kier alpha value is -2.58. The number of hydrogen-bond acceptors (Lipinski definition) is 5. The zero-order chi connectivity index (χ0) is 23.4.